The lowest BCUT2D eigenvalue weighted by atomic mass is 9.97. The van der Waals surface area contributed by atoms with Crippen LogP contribution < -0.4 is 4.74 Å². The van der Waals surface area contributed by atoms with Crippen LogP contribution in [0.2, 0.25) is 0 Å². The van der Waals surface area contributed by atoms with Crippen molar-refractivity contribution >= 4 is 5.91 Å². The molecule has 6 nitrogen and oxygen atoms in total. The zero-order chi connectivity index (χ0) is 19.3. The van der Waals surface area contributed by atoms with Crippen molar-refractivity contribution in [2.45, 2.75) is 25.2 Å². The second-order valence-corrected chi connectivity index (χ2v) is 7.02. The number of methoxy groups -OCH3 is 1. The predicted octanol–water partition coefficient (Wildman–Crippen LogP) is 3.69. The normalized spacial score (nSPS) is 16.8. The van der Waals surface area contributed by atoms with E-state index in [1.807, 2.05) is 59.5 Å². The summed E-state index contributed by atoms with van der Waals surface area (Å²) in [7, 11) is 1.63. The summed E-state index contributed by atoms with van der Waals surface area (Å²) >= 11 is 0. The molecule has 1 saturated heterocycles. The molecule has 0 saturated carbocycles. The van der Waals surface area contributed by atoms with Gasteiger partial charge in [-0.1, -0.05) is 30.3 Å². The molecule has 1 aliphatic heterocycles. The molecule has 1 fully saturated rings. The van der Waals surface area contributed by atoms with Gasteiger partial charge in [-0.05, 0) is 42.7 Å². The third kappa shape index (κ3) is 4.06. The fourth-order valence-corrected chi connectivity index (χ4v) is 3.54. The van der Waals surface area contributed by atoms with E-state index in [1.54, 1.807) is 7.11 Å². The van der Waals surface area contributed by atoms with Gasteiger partial charge in [-0.15, -0.1) is 10.2 Å². The topological polar surface area (TPSA) is 68.5 Å². The number of benzene rings is 2. The molecule has 0 radical (unpaired) electrons. The Balaban J connectivity index is 1.43. The highest BCUT2D eigenvalue weighted by molar-refractivity contribution is 5.79. The fourth-order valence-electron chi connectivity index (χ4n) is 3.54. The molecule has 0 N–H and O–H groups in total. The zero-order valence-electron chi connectivity index (χ0n) is 15.9. The van der Waals surface area contributed by atoms with Crippen LogP contribution in [0.1, 0.15) is 30.2 Å². The van der Waals surface area contributed by atoms with Crippen molar-refractivity contribution in [1.82, 2.24) is 15.1 Å². The number of likely N-dealkylation sites (tertiary alicyclic amines) is 1. The Morgan fingerprint density at radius 3 is 2.68 bits per heavy atom. The maximum absolute atomic E-state index is 12.7. The first-order valence-corrected chi connectivity index (χ1v) is 9.52. The number of amides is 1. The molecule has 0 bridgehead atoms. The van der Waals surface area contributed by atoms with Gasteiger partial charge in [-0.25, -0.2) is 0 Å². The molecule has 0 unspecified atom stereocenters. The Labute approximate surface area is 164 Å². The number of ether oxygens (including phenoxy) is 1. The predicted molar refractivity (Wildman–Crippen MR) is 105 cm³/mol. The van der Waals surface area contributed by atoms with Crippen molar-refractivity contribution in [2.24, 2.45) is 0 Å². The van der Waals surface area contributed by atoms with Crippen LogP contribution in [0, 0.1) is 0 Å². The summed E-state index contributed by atoms with van der Waals surface area (Å²) in [6.45, 7) is 1.40. The van der Waals surface area contributed by atoms with Gasteiger partial charge in [0.05, 0.1) is 19.4 Å². The fraction of sp³-hybridized carbons (Fsp3) is 0.318. The molecule has 144 valence electrons. The first kappa shape index (κ1) is 18.2. The van der Waals surface area contributed by atoms with E-state index in [2.05, 4.69) is 10.2 Å². The largest absolute Gasteiger partial charge is 0.497 e. The van der Waals surface area contributed by atoms with E-state index in [0.29, 0.717) is 24.7 Å². The van der Waals surface area contributed by atoms with Gasteiger partial charge in [0.25, 0.3) is 0 Å². The molecule has 1 atom stereocenters. The van der Waals surface area contributed by atoms with Crippen molar-refractivity contribution in [1.29, 1.82) is 0 Å². The van der Waals surface area contributed by atoms with Crippen LogP contribution in [0.4, 0.5) is 0 Å². The Morgan fingerprint density at radius 2 is 1.93 bits per heavy atom. The van der Waals surface area contributed by atoms with Crippen LogP contribution >= 0.6 is 0 Å². The molecular formula is C22H23N3O3. The van der Waals surface area contributed by atoms with Crippen molar-refractivity contribution in [3.05, 3.63) is 66.1 Å². The van der Waals surface area contributed by atoms with Gasteiger partial charge in [0.15, 0.2) is 0 Å². The second-order valence-electron chi connectivity index (χ2n) is 7.02. The minimum atomic E-state index is 0.0768. The minimum Gasteiger partial charge on any atom is -0.497 e. The minimum absolute atomic E-state index is 0.0768. The van der Waals surface area contributed by atoms with Crippen molar-refractivity contribution in [3.63, 3.8) is 0 Å². The van der Waals surface area contributed by atoms with Crippen LogP contribution in [-0.4, -0.2) is 41.2 Å². The number of nitrogens with zero attached hydrogens (tertiary/aromatic N) is 3. The molecule has 0 aliphatic carbocycles. The first-order chi connectivity index (χ1) is 13.7. The van der Waals surface area contributed by atoms with Crippen LogP contribution in [-0.2, 0) is 11.2 Å². The maximum atomic E-state index is 12.7. The van der Waals surface area contributed by atoms with Gasteiger partial charge >= 0.3 is 0 Å². The lowest BCUT2D eigenvalue weighted by Gasteiger charge is -2.31. The highest BCUT2D eigenvalue weighted by Crippen LogP contribution is 2.29. The van der Waals surface area contributed by atoms with Crippen LogP contribution in [0.3, 0.4) is 0 Å². The summed E-state index contributed by atoms with van der Waals surface area (Å²) in [5.41, 5.74) is 1.89. The third-order valence-corrected chi connectivity index (χ3v) is 5.10. The molecule has 1 aliphatic rings. The van der Waals surface area contributed by atoms with Gasteiger partial charge in [0, 0.05) is 18.7 Å². The molecule has 6 heteroatoms. The number of carbonyl (C=O) groups excluding carboxylic acids is 1. The van der Waals surface area contributed by atoms with Gasteiger partial charge in [0.2, 0.25) is 17.7 Å². The van der Waals surface area contributed by atoms with Crippen molar-refractivity contribution < 1.29 is 13.9 Å². The molecule has 4 rings (SSSR count). The first-order valence-electron chi connectivity index (χ1n) is 9.52. The quantitative estimate of drug-likeness (QED) is 0.678. The summed E-state index contributed by atoms with van der Waals surface area (Å²) in [6.07, 6.45) is 2.30. The van der Waals surface area contributed by atoms with E-state index >= 15 is 0 Å². The molecule has 3 aromatic rings. The van der Waals surface area contributed by atoms with E-state index in [9.17, 15) is 4.79 Å². The zero-order valence-corrected chi connectivity index (χ0v) is 15.9. The molecule has 1 aromatic heterocycles. The van der Waals surface area contributed by atoms with Gasteiger partial charge < -0.3 is 14.1 Å². The summed E-state index contributed by atoms with van der Waals surface area (Å²) in [6, 6.07) is 17.4. The SMILES string of the molecule is COc1ccc(-c2nnc([C@H]3CCCN(C(=O)Cc4ccccc4)C3)o2)cc1. The van der Waals surface area contributed by atoms with E-state index in [0.717, 1.165) is 36.3 Å². The number of carbonyl (C=O) groups is 1. The number of aromatic nitrogens is 2. The van der Waals surface area contributed by atoms with Crippen LogP contribution in [0.15, 0.2) is 59.0 Å². The number of piperidine rings is 1. The molecule has 0 spiro atoms. The maximum Gasteiger partial charge on any atom is 0.247 e. The van der Waals surface area contributed by atoms with E-state index < -0.39 is 0 Å². The molecular weight excluding hydrogens is 354 g/mol. The summed E-state index contributed by atoms with van der Waals surface area (Å²) in [5, 5.41) is 8.44. The second kappa shape index (κ2) is 8.25. The Kier molecular flexibility index (Phi) is 5.37. The van der Waals surface area contributed by atoms with Gasteiger partial charge in [-0.3, -0.25) is 4.79 Å². The number of hydrogen-bond donors (Lipinski definition) is 0. The summed E-state index contributed by atoms with van der Waals surface area (Å²) < 4.78 is 11.1. The molecule has 1 amide bonds. The number of rotatable bonds is 5. The smallest absolute Gasteiger partial charge is 0.247 e. The Bertz CT molecular complexity index is 922. The van der Waals surface area contributed by atoms with E-state index in [-0.39, 0.29) is 11.8 Å². The molecule has 2 heterocycles. The van der Waals surface area contributed by atoms with Crippen LogP contribution in [0.5, 0.6) is 5.75 Å². The highest BCUT2D eigenvalue weighted by Gasteiger charge is 2.28. The van der Waals surface area contributed by atoms with E-state index in [1.165, 1.54) is 0 Å². The third-order valence-electron chi connectivity index (χ3n) is 5.10. The average Bonchev–Trinajstić information content (AvgIpc) is 3.25. The van der Waals surface area contributed by atoms with Crippen LogP contribution in [0.25, 0.3) is 11.5 Å². The Morgan fingerprint density at radius 1 is 1.14 bits per heavy atom. The summed E-state index contributed by atoms with van der Waals surface area (Å²) in [4.78, 5) is 14.6. The van der Waals surface area contributed by atoms with Crippen molar-refractivity contribution in [3.8, 4) is 17.2 Å². The lowest BCUT2D eigenvalue weighted by molar-refractivity contribution is -0.131. The van der Waals surface area contributed by atoms with Gasteiger partial charge in [0.1, 0.15) is 5.75 Å². The average molecular weight is 377 g/mol. The monoisotopic (exact) mass is 377 g/mol. The highest BCUT2D eigenvalue weighted by atomic mass is 16.5. The standard InChI is InChI=1S/C22H23N3O3/c1-27-19-11-9-17(10-12-19)21-23-24-22(28-21)18-8-5-13-25(15-18)20(26)14-16-6-3-2-4-7-16/h2-4,6-7,9-12,18H,5,8,13-15H2,1H3/t18-/m0/s1. The van der Waals surface area contributed by atoms with Crippen molar-refractivity contribution in [2.75, 3.05) is 20.2 Å². The lowest BCUT2D eigenvalue weighted by Crippen LogP contribution is -2.40. The number of hydrogen-bond acceptors (Lipinski definition) is 5. The molecule has 2 aromatic carbocycles. The Hall–Kier alpha value is -3.15. The van der Waals surface area contributed by atoms with Gasteiger partial charge in [-0.2, -0.15) is 0 Å². The van der Waals surface area contributed by atoms with E-state index in [4.69, 9.17) is 9.15 Å². The summed E-state index contributed by atoms with van der Waals surface area (Å²) in [5.74, 6) is 2.09. The molecule has 28 heavy (non-hydrogen) atoms.